The van der Waals surface area contributed by atoms with Crippen molar-refractivity contribution in [3.8, 4) is 0 Å². The lowest BCUT2D eigenvalue weighted by Crippen LogP contribution is -2.46. The summed E-state index contributed by atoms with van der Waals surface area (Å²) >= 11 is 0. The summed E-state index contributed by atoms with van der Waals surface area (Å²) in [5, 5.41) is 5.65. The minimum absolute atomic E-state index is 0.0231. The van der Waals surface area contributed by atoms with Crippen LogP contribution >= 0.6 is 0 Å². The number of hydrogen-bond acceptors (Lipinski definition) is 4. The number of amides is 2. The van der Waals surface area contributed by atoms with Crippen molar-refractivity contribution >= 4 is 11.8 Å². The Kier molecular flexibility index (Phi) is 6.67. The molecule has 0 aliphatic carbocycles. The molecule has 0 aromatic carbocycles. The molecule has 0 radical (unpaired) electrons. The molecule has 1 aliphatic rings. The predicted molar refractivity (Wildman–Crippen MR) is 68.1 cm³/mol. The third-order valence-corrected chi connectivity index (χ3v) is 2.63. The zero-order valence-corrected chi connectivity index (χ0v) is 11.2. The van der Waals surface area contributed by atoms with Gasteiger partial charge in [0.25, 0.3) is 0 Å². The van der Waals surface area contributed by atoms with E-state index < -0.39 is 0 Å². The monoisotopic (exact) mass is 257 g/mol. The lowest BCUT2D eigenvalue weighted by atomic mass is 10.2. The first-order valence-corrected chi connectivity index (χ1v) is 6.42. The third kappa shape index (κ3) is 5.97. The third-order valence-electron chi connectivity index (χ3n) is 2.63. The van der Waals surface area contributed by atoms with Gasteiger partial charge in [-0.1, -0.05) is 13.8 Å². The van der Waals surface area contributed by atoms with Gasteiger partial charge < -0.3 is 15.0 Å². The molecule has 0 spiro atoms. The van der Waals surface area contributed by atoms with Gasteiger partial charge in [-0.3, -0.25) is 14.9 Å². The van der Waals surface area contributed by atoms with Crippen LogP contribution in [0.1, 0.15) is 13.8 Å². The van der Waals surface area contributed by atoms with E-state index in [1.54, 1.807) is 4.90 Å². The van der Waals surface area contributed by atoms with E-state index in [0.717, 1.165) is 0 Å². The summed E-state index contributed by atoms with van der Waals surface area (Å²) < 4.78 is 5.17. The Balaban J connectivity index is 2.09. The maximum Gasteiger partial charge on any atom is 0.236 e. The van der Waals surface area contributed by atoms with Crippen LogP contribution in [-0.4, -0.2) is 62.7 Å². The molecule has 0 atom stereocenters. The standard InChI is InChI=1S/C12H23N3O3/c1-10(2)7-14-11(16)8-13-9-12(17)15-3-5-18-6-4-15/h10,13H,3-9H2,1-2H3,(H,14,16). The smallest absolute Gasteiger partial charge is 0.236 e. The molecule has 0 saturated carbocycles. The molecule has 1 fully saturated rings. The van der Waals surface area contributed by atoms with Gasteiger partial charge in [-0.15, -0.1) is 0 Å². The van der Waals surface area contributed by atoms with Crippen molar-refractivity contribution in [1.82, 2.24) is 15.5 Å². The van der Waals surface area contributed by atoms with Crippen LogP contribution in [-0.2, 0) is 14.3 Å². The zero-order valence-electron chi connectivity index (χ0n) is 11.2. The van der Waals surface area contributed by atoms with Crippen LogP contribution < -0.4 is 10.6 Å². The van der Waals surface area contributed by atoms with Crippen LogP contribution in [0.15, 0.2) is 0 Å². The Morgan fingerprint density at radius 2 is 1.89 bits per heavy atom. The molecule has 1 heterocycles. The number of hydrogen-bond donors (Lipinski definition) is 2. The van der Waals surface area contributed by atoms with E-state index in [1.807, 2.05) is 13.8 Å². The number of carbonyl (C=O) groups excluding carboxylic acids is 2. The first-order valence-electron chi connectivity index (χ1n) is 6.42. The lowest BCUT2D eigenvalue weighted by molar-refractivity contribution is -0.134. The van der Waals surface area contributed by atoms with Crippen LogP contribution in [0, 0.1) is 5.92 Å². The molecular weight excluding hydrogens is 234 g/mol. The van der Waals surface area contributed by atoms with E-state index in [9.17, 15) is 9.59 Å². The van der Waals surface area contributed by atoms with E-state index in [0.29, 0.717) is 38.8 Å². The molecule has 0 aromatic rings. The highest BCUT2D eigenvalue weighted by atomic mass is 16.5. The second-order valence-electron chi connectivity index (χ2n) is 4.79. The van der Waals surface area contributed by atoms with Gasteiger partial charge in [0.05, 0.1) is 26.3 Å². The lowest BCUT2D eigenvalue weighted by Gasteiger charge is -2.26. The van der Waals surface area contributed by atoms with Crippen LogP contribution in [0.4, 0.5) is 0 Å². The van der Waals surface area contributed by atoms with Crippen molar-refractivity contribution in [2.75, 3.05) is 45.9 Å². The van der Waals surface area contributed by atoms with Gasteiger partial charge in [-0.2, -0.15) is 0 Å². The number of ether oxygens (including phenoxy) is 1. The van der Waals surface area contributed by atoms with Crippen molar-refractivity contribution in [3.63, 3.8) is 0 Å². The van der Waals surface area contributed by atoms with Crippen molar-refractivity contribution < 1.29 is 14.3 Å². The number of rotatable bonds is 6. The van der Waals surface area contributed by atoms with E-state index in [1.165, 1.54) is 0 Å². The Labute approximate surface area is 108 Å². The molecular formula is C12H23N3O3. The number of nitrogens with zero attached hydrogens (tertiary/aromatic N) is 1. The first-order chi connectivity index (χ1) is 8.59. The molecule has 1 aliphatic heterocycles. The summed E-state index contributed by atoms with van der Waals surface area (Å²) in [4.78, 5) is 24.9. The van der Waals surface area contributed by atoms with Gasteiger partial charge in [0, 0.05) is 19.6 Å². The Morgan fingerprint density at radius 1 is 1.22 bits per heavy atom. The number of nitrogens with one attached hydrogen (secondary N) is 2. The van der Waals surface area contributed by atoms with Crippen molar-refractivity contribution in [1.29, 1.82) is 0 Å². The fourth-order valence-electron chi connectivity index (χ4n) is 1.59. The highest BCUT2D eigenvalue weighted by molar-refractivity contribution is 5.81. The SMILES string of the molecule is CC(C)CNC(=O)CNCC(=O)N1CCOCC1. The van der Waals surface area contributed by atoms with E-state index >= 15 is 0 Å². The molecule has 0 bridgehead atoms. The summed E-state index contributed by atoms with van der Waals surface area (Å²) in [5.41, 5.74) is 0. The van der Waals surface area contributed by atoms with Gasteiger partial charge in [0.15, 0.2) is 0 Å². The molecule has 2 N–H and O–H groups in total. The Morgan fingerprint density at radius 3 is 2.50 bits per heavy atom. The molecule has 2 amide bonds. The number of morpholine rings is 1. The fraction of sp³-hybridized carbons (Fsp3) is 0.833. The Bertz CT molecular complexity index is 276. The highest BCUT2D eigenvalue weighted by Crippen LogP contribution is 1.96. The minimum Gasteiger partial charge on any atom is -0.378 e. The minimum atomic E-state index is -0.0709. The molecule has 18 heavy (non-hydrogen) atoms. The second kappa shape index (κ2) is 8.05. The summed E-state index contributed by atoms with van der Waals surface area (Å²) in [6.45, 7) is 7.60. The van der Waals surface area contributed by atoms with Gasteiger partial charge in [0.2, 0.25) is 11.8 Å². The molecule has 6 nitrogen and oxygen atoms in total. The van der Waals surface area contributed by atoms with Gasteiger partial charge >= 0.3 is 0 Å². The number of carbonyl (C=O) groups is 2. The van der Waals surface area contributed by atoms with Crippen molar-refractivity contribution in [2.24, 2.45) is 5.92 Å². The molecule has 1 saturated heterocycles. The van der Waals surface area contributed by atoms with E-state index in [-0.39, 0.29) is 24.9 Å². The topological polar surface area (TPSA) is 70.7 Å². The van der Waals surface area contributed by atoms with Crippen molar-refractivity contribution in [2.45, 2.75) is 13.8 Å². The van der Waals surface area contributed by atoms with Crippen LogP contribution in [0.2, 0.25) is 0 Å². The summed E-state index contributed by atoms with van der Waals surface area (Å²) in [7, 11) is 0. The molecule has 104 valence electrons. The van der Waals surface area contributed by atoms with Gasteiger partial charge in [0.1, 0.15) is 0 Å². The van der Waals surface area contributed by atoms with Gasteiger partial charge in [-0.05, 0) is 5.92 Å². The second-order valence-corrected chi connectivity index (χ2v) is 4.79. The average Bonchev–Trinajstić information content (AvgIpc) is 2.37. The molecule has 6 heteroatoms. The van der Waals surface area contributed by atoms with Crippen LogP contribution in [0.25, 0.3) is 0 Å². The predicted octanol–water partition coefficient (Wildman–Crippen LogP) is -0.793. The quantitative estimate of drug-likeness (QED) is 0.654. The molecule has 1 rings (SSSR count). The maximum atomic E-state index is 11.7. The maximum absolute atomic E-state index is 11.7. The first kappa shape index (κ1) is 14.9. The fourth-order valence-corrected chi connectivity index (χ4v) is 1.59. The molecule has 0 unspecified atom stereocenters. The molecule has 0 aromatic heterocycles. The van der Waals surface area contributed by atoms with Crippen molar-refractivity contribution in [3.05, 3.63) is 0 Å². The summed E-state index contributed by atoms with van der Waals surface area (Å²) in [6, 6.07) is 0. The Hall–Kier alpha value is -1.14. The average molecular weight is 257 g/mol. The largest absolute Gasteiger partial charge is 0.378 e. The zero-order chi connectivity index (χ0) is 13.4. The normalized spacial score (nSPS) is 15.8. The van der Waals surface area contributed by atoms with Crippen LogP contribution in [0.5, 0.6) is 0 Å². The summed E-state index contributed by atoms with van der Waals surface area (Å²) in [6.07, 6.45) is 0. The van der Waals surface area contributed by atoms with E-state index in [4.69, 9.17) is 4.74 Å². The highest BCUT2D eigenvalue weighted by Gasteiger charge is 2.16. The van der Waals surface area contributed by atoms with Gasteiger partial charge in [-0.25, -0.2) is 0 Å². The summed E-state index contributed by atoms with van der Waals surface area (Å²) in [5.74, 6) is 0.386. The van der Waals surface area contributed by atoms with Crippen LogP contribution in [0.3, 0.4) is 0 Å². The van der Waals surface area contributed by atoms with E-state index in [2.05, 4.69) is 10.6 Å².